The minimum Gasteiger partial charge on any atom is -0.468 e. The lowest BCUT2D eigenvalue weighted by atomic mass is 10.2. The van der Waals surface area contributed by atoms with Gasteiger partial charge in [-0.2, -0.15) is 0 Å². The highest BCUT2D eigenvalue weighted by Gasteiger charge is 2.32. The van der Waals surface area contributed by atoms with E-state index in [1.807, 2.05) is 0 Å². The van der Waals surface area contributed by atoms with E-state index in [1.54, 1.807) is 0 Å². The lowest BCUT2D eigenvalue weighted by molar-refractivity contribution is -0.384. The lowest BCUT2D eigenvalue weighted by Gasteiger charge is -2.12. The topological polar surface area (TPSA) is 128 Å². The maximum Gasteiger partial charge on any atom is 0.322 e. The summed E-state index contributed by atoms with van der Waals surface area (Å²) in [5.74, 6) is -0.447. The Kier molecular flexibility index (Phi) is 4.74. The van der Waals surface area contributed by atoms with Gasteiger partial charge in [-0.25, -0.2) is 13.1 Å². The number of nitro groups is 1. The van der Waals surface area contributed by atoms with Gasteiger partial charge in [0, 0.05) is 24.7 Å². The van der Waals surface area contributed by atoms with Crippen molar-refractivity contribution in [3.05, 3.63) is 34.4 Å². The summed E-state index contributed by atoms with van der Waals surface area (Å²) >= 11 is 0. The number of nitrogens with zero attached hydrogens (tertiary/aromatic N) is 1. The number of carbonyl (C=O) groups is 1. The zero-order valence-electron chi connectivity index (χ0n) is 11.7. The highest BCUT2D eigenvalue weighted by atomic mass is 32.2. The molecule has 0 amide bonds. The molecular weight excluding hydrogens is 314 g/mol. The minimum absolute atomic E-state index is 0.0698. The summed E-state index contributed by atoms with van der Waals surface area (Å²) in [6, 6.07) is 3.58. The van der Waals surface area contributed by atoms with Crippen LogP contribution in [0.1, 0.15) is 6.42 Å². The molecular formula is C12H15N3O6S. The van der Waals surface area contributed by atoms with Gasteiger partial charge < -0.3 is 10.1 Å². The molecule has 2 rings (SSSR count). The molecule has 1 aromatic rings. The van der Waals surface area contributed by atoms with E-state index in [-0.39, 0.29) is 17.0 Å². The molecule has 0 aromatic heterocycles. The second-order valence-electron chi connectivity index (χ2n) is 4.79. The SMILES string of the molecule is COC(=O)[C@H]1C[C@H](NS(=O)(=O)c2ccc([N+](=O)[O-])cc2)CN1. The molecule has 0 aliphatic carbocycles. The number of ether oxygens (including phenoxy) is 1. The molecule has 0 spiro atoms. The van der Waals surface area contributed by atoms with E-state index in [0.717, 1.165) is 12.1 Å². The predicted molar refractivity (Wildman–Crippen MR) is 75.6 cm³/mol. The smallest absolute Gasteiger partial charge is 0.322 e. The molecule has 10 heteroatoms. The Bertz CT molecular complexity index is 673. The molecule has 2 atom stereocenters. The zero-order valence-corrected chi connectivity index (χ0v) is 12.5. The van der Waals surface area contributed by atoms with Crippen molar-refractivity contribution in [2.24, 2.45) is 0 Å². The molecule has 1 saturated heterocycles. The Labute approximate surface area is 126 Å². The first kappa shape index (κ1) is 16.3. The standard InChI is InChI=1S/C12H15N3O6S/c1-21-12(16)11-6-8(7-13-11)14-22(19,20)10-4-2-9(3-5-10)15(17)18/h2-5,8,11,13-14H,6-7H2,1H3/t8-,11+/m0/s1. The molecule has 22 heavy (non-hydrogen) atoms. The molecule has 0 bridgehead atoms. The van der Waals surface area contributed by atoms with Gasteiger partial charge in [0.1, 0.15) is 6.04 Å². The third-order valence-corrected chi connectivity index (χ3v) is 4.83. The fraction of sp³-hybridized carbons (Fsp3) is 0.417. The molecule has 1 aliphatic rings. The van der Waals surface area contributed by atoms with Crippen LogP contribution in [0.25, 0.3) is 0 Å². The summed E-state index contributed by atoms with van der Waals surface area (Å²) in [5, 5.41) is 13.4. The summed E-state index contributed by atoms with van der Waals surface area (Å²) in [6.07, 6.45) is 0.277. The first-order valence-electron chi connectivity index (χ1n) is 6.41. The summed E-state index contributed by atoms with van der Waals surface area (Å²) in [4.78, 5) is 21.3. The van der Waals surface area contributed by atoms with Crippen molar-refractivity contribution in [2.45, 2.75) is 23.4 Å². The van der Waals surface area contributed by atoms with Gasteiger partial charge in [-0.1, -0.05) is 0 Å². The quantitative estimate of drug-likeness (QED) is 0.434. The molecule has 1 fully saturated rings. The molecule has 2 N–H and O–H groups in total. The zero-order chi connectivity index (χ0) is 16.3. The summed E-state index contributed by atoms with van der Waals surface area (Å²) in [6.45, 7) is 0.298. The highest BCUT2D eigenvalue weighted by Crippen LogP contribution is 2.17. The lowest BCUT2D eigenvalue weighted by Crippen LogP contribution is -2.36. The van der Waals surface area contributed by atoms with Crippen molar-refractivity contribution in [3.8, 4) is 0 Å². The minimum atomic E-state index is -3.81. The number of rotatable bonds is 5. The molecule has 120 valence electrons. The Morgan fingerprint density at radius 1 is 1.41 bits per heavy atom. The Balaban J connectivity index is 2.05. The molecule has 9 nitrogen and oxygen atoms in total. The van der Waals surface area contributed by atoms with Crippen LogP contribution in [-0.4, -0.2) is 45.0 Å². The summed E-state index contributed by atoms with van der Waals surface area (Å²) in [5.41, 5.74) is -0.188. The average molecular weight is 329 g/mol. The second kappa shape index (κ2) is 6.38. The highest BCUT2D eigenvalue weighted by molar-refractivity contribution is 7.89. The van der Waals surface area contributed by atoms with Gasteiger partial charge in [-0.15, -0.1) is 0 Å². The number of esters is 1. The van der Waals surface area contributed by atoms with Gasteiger partial charge in [0.2, 0.25) is 10.0 Å². The van der Waals surface area contributed by atoms with Gasteiger partial charge >= 0.3 is 5.97 Å². The van der Waals surface area contributed by atoms with Crippen LogP contribution in [0.15, 0.2) is 29.2 Å². The van der Waals surface area contributed by atoms with Crippen LogP contribution in [0, 0.1) is 10.1 Å². The second-order valence-corrected chi connectivity index (χ2v) is 6.50. The molecule has 1 heterocycles. The Hall–Kier alpha value is -2.04. The van der Waals surface area contributed by atoms with E-state index in [0.29, 0.717) is 6.54 Å². The van der Waals surface area contributed by atoms with Crippen LogP contribution in [-0.2, 0) is 19.6 Å². The number of non-ortho nitro benzene ring substituents is 1. The van der Waals surface area contributed by atoms with E-state index >= 15 is 0 Å². The Morgan fingerprint density at radius 2 is 2.05 bits per heavy atom. The van der Waals surface area contributed by atoms with Gasteiger partial charge in [-0.3, -0.25) is 14.9 Å². The Morgan fingerprint density at radius 3 is 2.59 bits per heavy atom. The monoisotopic (exact) mass is 329 g/mol. The van der Waals surface area contributed by atoms with Gasteiger partial charge in [0.05, 0.1) is 16.9 Å². The van der Waals surface area contributed by atoms with E-state index in [4.69, 9.17) is 0 Å². The molecule has 0 saturated carbocycles. The fourth-order valence-corrected chi connectivity index (χ4v) is 3.43. The summed E-state index contributed by atoms with van der Waals surface area (Å²) < 4.78 is 31.4. The van der Waals surface area contributed by atoms with E-state index < -0.39 is 33.0 Å². The molecule has 0 unspecified atom stereocenters. The van der Waals surface area contributed by atoms with Crippen LogP contribution < -0.4 is 10.0 Å². The predicted octanol–water partition coefficient (Wildman–Crippen LogP) is -0.223. The van der Waals surface area contributed by atoms with Crippen molar-refractivity contribution < 1.29 is 22.9 Å². The van der Waals surface area contributed by atoms with Crippen molar-refractivity contribution in [3.63, 3.8) is 0 Å². The average Bonchev–Trinajstić information content (AvgIpc) is 2.94. The number of nitrogens with one attached hydrogen (secondary N) is 2. The fourth-order valence-electron chi connectivity index (χ4n) is 2.18. The maximum absolute atomic E-state index is 12.2. The van der Waals surface area contributed by atoms with Gasteiger partial charge in [-0.05, 0) is 18.6 Å². The van der Waals surface area contributed by atoms with E-state index in [9.17, 15) is 23.3 Å². The number of hydrogen-bond donors (Lipinski definition) is 2. The van der Waals surface area contributed by atoms with Gasteiger partial charge in [0.15, 0.2) is 0 Å². The normalized spacial score (nSPS) is 21.5. The number of sulfonamides is 1. The molecule has 1 aromatic carbocycles. The van der Waals surface area contributed by atoms with Crippen molar-refractivity contribution in [2.75, 3.05) is 13.7 Å². The van der Waals surface area contributed by atoms with Crippen molar-refractivity contribution in [1.29, 1.82) is 0 Å². The molecule has 0 radical (unpaired) electrons. The van der Waals surface area contributed by atoms with Crippen molar-refractivity contribution in [1.82, 2.24) is 10.0 Å². The number of benzene rings is 1. The number of carbonyl (C=O) groups excluding carboxylic acids is 1. The van der Waals surface area contributed by atoms with Crippen LogP contribution in [0.5, 0.6) is 0 Å². The van der Waals surface area contributed by atoms with E-state index in [2.05, 4.69) is 14.8 Å². The number of nitro benzene ring substituents is 1. The third-order valence-electron chi connectivity index (χ3n) is 3.30. The maximum atomic E-state index is 12.2. The van der Waals surface area contributed by atoms with Gasteiger partial charge in [0.25, 0.3) is 5.69 Å². The first-order chi connectivity index (χ1) is 10.3. The number of hydrogen-bond acceptors (Lipinski definition) is 7. The van der Waals surface area contributed by atoms with E-state index in [1.165, 1.54) is 19.2 Å². The van der Waals surface area contributed by atoms with Crippen LogP contribution in [0.2, 0.25) is 0 Å². The number of methoxy groups -OCH3 is 1. The van der Waals surface area contributed by atoms with Crippen LogP contribution in [0.4, 0.5) is 5.69 Å². The third kappa shape index (κ3) is 3.59. The molecule has 1 aliphatic heterocycles. The first-order valence-corrected chi connectivity index (χ1v) is 7.90. The summed E-state index contributed by atoms with van der Waals surface area (Å²) in [7, 11) is -2.54. The van der Waals surface area contributed by atoms with Crippen LogP contribution in [0.3, 0.4) is 0 Å². The van der Waals surface area contributed by atoms with Crippen molar-refractivity contribution >= 4 is 21.7 Å². The van der Waals surface area contributed by atoms with Crippen LogP contribution >= 0.6 is 0 Å². The largest absolute Gasteiger partial charge is 0.468 e.